The van der Waals surface area contributed by atoms with Gasteiger partial charge < -0.3 is 14.4 Å². The molecule has 1 saturated carbocycles. The number of rotatable bonds is 5. The zero-order valence-electron chi connectivity index (χ0n) is 15.8. The Kier molecular flexibility index (Phi) is 5.30. The summed E-state index contributed by atoms with van der Waals surface area (Å²) < 4.78 is 11.1. The molecule has 2 fully saturated rings. The van der Waals surface area contributed by atoms with E-state index in [1.165, 1.54) is 0 Å². The highest BCUT2D eigenvalue weighted by atomic mass is 35.5. The minimum Gasteiger partial charge on any atom is -0.445 e. The molecule has 0 N–H and O–H groups in total. The molecule has 6 heteroatoms. The van der Waals surface area contributed by atoms with E-state index in [2.05, 4.69) is 0 Å². The van der Waals surface area contributed by atoms with E-state index in [9.17, 15) is 4.79 Å². The lowest BCUT2D eigenvalue weighted by Crippen LogP contribution is -2.46. The summed E-state index contributed by atoms with van der Waals surface area (Å²) in [5.74, 6) is 0. The molecule has 2 aromatic carbocycles. The molecule has 1 saturated heterocycles. The average Bonchev–Trinajstić information content (AvgIpc) is 3.38. The highest BCUT2D eigenvalue weighted by molar-refractivity contribution is 6.42. The highest BCUT2D eigenvalue weighted by Gasteiger charge is 2.70. The van der Waals surface area contributed by atoms with Crippen LogP contribution in [0.3, 0.4) is 0 Å². The maximum absolute atomic E-state index is 12.7. The third-order valence-corrected chi connectivity index (χ3v) is 6.95. The second-order valence-electron chi connectivity index (χ2n) is 7.81. The summed E-state index contributed by atoms with van der Waals surface area (Å²) in [6, 6.07) is 15.5. The first-order valence-corrected chi connectivity index (χ1v) is 10.2. The normalized spacial score (nSPS) is 25.9. The topological polar surface area (TPSA) is 38.8 Å². The molecule has 148 valence electrons. The number of ether oxygens (including phenoxy) is 2. The van der Waals surface area contributed by atoms with Gasteiger partial charge in [0.25, 0.3) is 0 Å². The lowest BCUT2D eigenvalue weighted by atomic mass is 9.81. The number of nitrogens with zero attached hydrogens (tertiary/aromatic N) is 1. The average molecular weight is 420 g/mol. The summed E-state index contributed by atoms with van der Waals surface area (Å²) in [7, 11) is 1.73. The van der Waals surface area contributed by atoms with Crippen LogP contribution in [0.15, 0.2) is 48.5 Å². The molecule has 1 aliphatic carbocycles. The van der Waals surface area contributed by atoms with Gasteiger partial charge in [0.15, 0.2) is 0 Å². The Labute approximate surface area is 175 Å². The van der Waals surface area contributed by atoms with Crippen LogP contribution in [-0.4, -0.2) is 37.8 Å². The fourth-order valence-corrected chi connectivity index (χ4v) is 4.93. The molecule has 4 rings (SSSR count). The van der Waals surface area contributed by atoms with Crippen LogP contribution >= 0.6 is 23.2 Å². The van der Waals surface area contributed by atoms with Gasteiger partial charge in [-0.15, -0.1) is 0 Å². The Bertz CT molecular complexity index is 875. The van der Waals surface area contributed by atoms with E-state index in [1.807, 2.05) is 53.4 Å². The van der Waals surface area contributed by atoms with Crippen molar-refractivity contribution in [3.05, 3.63) is 69.7 Å². The van der Waals surface area contributed by atoms with Crippen molar-refractivity contribution in [3.63, 3.8) is 0 Å². The van der Waals surface area contributed by atoms with Gasteiger partial charge in [-0.25, -0.2) is 4.79 Å². The monoisotopic (exact) mass is 419 g/mol. The summed E-state index contributed by atoms with van der Waals surface area (Å²) in [5, 5.41) is 1.07. The maximum atomic E-state index is 12.7. The molecule has 28 heavy (non-hydrogen) atoms. The third kappa shape index (κ3) is 3.38. The number of benzene rings is 2. The summed E-state index contributed by atoms with van der Waals surface area (Å²) in [6.45, 7) is 2.21. The van der Waals surface area contributed by atoms with E-state index in [1.54, 1.807) is 7.11 Å². The molecular formula is C22H23Cl2NO3. The smallest absolute Gasteiger partial charge is 0.410 e. The van der Waals surface area contributed by atoms with Crippen molar-refractivity contribution in [3.8, 4) is 0 Å². The van der Waals surface area contributed by atoms with E-state index in [0.29, 0.717) is 29.7 Å². The van der Waals surface area contributed by atoms with Crippen molar-refractivity contribution >= 4 is 29.3 Å². The predicted molar refractivity (Wildman–Crippen MR) is 110 cm³/mol. The number of hydrogen-bond donors (Lipinski definition) is 0. The molecule has 2 aliphatic rings. The number of halogens is 2. The van der Waals surface area contributed by atoms with Gasteiger partial charge in [0.05, 0.1) is 16.7 Å². The minimum atomic E-state index is -0.277. The van der Waals surface area contributed by atoms with Gasteiger partial charge in [-0.1, -0.05) is 59.6 Å². The zero-order valence-corrected chi connectivity index (χ0v) is 17.3. The molecule has 2 atom stereocenters. The van der Waals surface area contributed by atoms with Gasteiger partial charge in [-0.2, -0.15) is 0 Å². The van der Waals surface area contributed by atoms with Crippen LogP contribution < -0.4 is 0 Å². The Morgan fingerprint density at radius 3 is 2.64 bits per heavy atom. The highest BCUT2D eigenvalue weighted by Crippen LogP contribution is 2.69. The van der Waals surface area contributed by atoms with Gasteiger partial charge in [-0.05, 0) is 36.1 Å². The van der Waals surface area contributed by atoms with E-state index in [-0.39, 0.29) is 23.5 Å². The summed E-state index contributed by atoms with van der Waals surface area (Å²) in [4.78, 5) is 14.5. The van der Waals surface area contributed by atoms with Crippen LogP contribution in [0, 0.1) is 5.41 Å². The fourth-order valence-electron chi connectivity index (χ4n) is 4.64. The number of piperidine rings is 1. The number of carbonyl (C=O) groups excluding carboxylic acids is 1. The Morgan fingerprint density at radius 1 is 1.14 bits per heavy atom. The van der Waals surface area contributed by atoms with E-state index < -0.39 is 0 Å². The second kappa shape index (κ2) is 7.58. The SMILES string of the molecule is COC[C@@]12CCN(C(=O)OCc3ccccc3)C[C@]1(c1ccc(Cl)c(Cl)c1)C2. The van der Waals surface area contributed by atoms with Gasteiger partial charge in [-0.3, -0.25) is 0 Å². The standard InChI is InChI=1S/C22H23Cl2NO3/c1-27-15-21-9-10-25(20(26)28-12-16-5-3-2-4-6-16)14-22(21,13-21)17-7-8-18(23)19(24)11-17/h2-8,11H,9-10,12-15H2,1H3/t21-,22-/m0/s1. The van der Waals surface area contributed by atoms with E-state index in [0.717, 1.165) is 24.0 Å². The van der Waals surface area contributed by atoms with Crippen LogP contribution in [0.4, 0.5) is 4.79 Å². The van der Waals surface area contributed by atoms with Crippen LogP contribution in [0.5, 0.6) is 0 Å². The van der Waals surface area contributed by atoms with Crippen LogP contribution in [0.2, 0.25) is 10.0 Å². The first-order chi connectivity index (χ1) is 13.5. The molecular weight excluding hydrogens is 397 g/mol. The molecule has 1 heterocycles. The Balaban J connectivity index is 1.52. The largest absolute Gasteiger partial charge is 0.445 e. The van der Waals surface area contributed by atoms with Crippen molar-refractivity contribution in [2.24, 2.45) is 5.41 Å². The number of carbonyl (C=O) groups is 1. The van der Waals surface area contributed by atoms with Gasteiger partial charge >= 0.3 is 6.09 Å². The fraction of sp³-hybridized carbons (Fsp3) is 0.409. The van der Waals surface area contributed by atoms with Gasteiger partial charge in [0, 0.05) is 31.0 Å². The zero-order chi connectivity index (χ0) is 19.8. The molecule has 0 unspecified atom stereocenters. The number of hydrogen-bond acceptors (Lipinski definition) is 3. The van der Waals surface area contributed by atoms with Crippen molar-refractivity contribution in [1.82, 2.24) is 4.90 Å². The lowest BCUT2D eigenvalue weighted by molar-refractivity contribution is 0.0549. The Morgan fingerprint density at radius 2 is 1.93 bits per heavy atom. The van der Waals surface area contributed by atoms with Crippen LogP contribution in [0.1, 0.15) is 24.0 Å². The van der Waals surface area contributed by atoms with E-state index in [4.69, 9.17) is 32.7 Å². The van der Waals surface area contributed by atoms with Crippen molar-refractivity contribution < 1.29 is 14.3 Å². The molecule has 0 aromatic heterocycles. The first kappa shape index (κ1) is 19.6. The molecule has 1 amide bonds. The van der Waals surface area contributed by atoms with E-state index >= 15 is 0 Å². The Hall–Kier alpha value is -1.75. The minimum absolute atomic E-state index is 0.0368. The number of amides is 1. The van der Waals surface area contributed by atoms with Gasteiger partial charge in [0.2, 0.25) is 0 Å². The van der Waals surface area contributed by atoms with Crippen LogP contribution in [0.25, 0.3) is 0 Å². The van der Waals surface area contributed by atoms with Crippen molar-refractivity contribution in [2.45, 2.75) is 24.9 Å². The molecule has 4 nitrogen and oxygen atoms in total. The molecule has 0 bridgehead atoms. The maximum Gasteiger partial charge on any atom is 0.410 e. The lowest BCUT2D eigenvalue weighted by Gasteiger charge is -2.37. The van der Waals surface area contributed by atoms with Crippen molar-refractivity contribution in [1.29, 1.82) is 0 Å². The molecule has 0 radical (unpaired) electrons. The first-order valence-electron chi connectivity index (χ1n) is 9.40. The molecule has 2 aromatic rings. The molecule has 0 spiro atoms. The van der Waals surface area contributed by atoms with Gasteiger partial charge in [0.1, 0.15) is 6.61 Å². The van der Waals surface area contributed by atoms with Crippen LogP contribution in [-0.2, 0) is 21.5 Å². The quantitative estimate of drug-likeness (QED) is 0.658. The number of likely N-dealkylation sites (tertiary alicyclic amines) is 1. The second-order valence-corrected chi connectivity index (χ2v) is 8.63. The number of methoxy groups -OCH3 is 1. The number of fused-ring (bicyclic) bond motifs is 1. The summed E-state index contributed by atoms with van der Waals surface area (Å²) >= 11 is 12.4. The molecule has 1 aliphatic heterocycles. The third-order valence-electron chi connectivity index (χ3n) is 6.21. The summed E-state index contributed by atoms with van der Waals surface area (Å²) in [6.07, 6.45) is 1.57. The summed E-state index contributed by atoms with van der Waals surface area (Å²) in [5.41, 5.74) is 1.96. The van der Waals surface area contributed by atoms with Crippen molar-refractivity contribution in [2.75, 3.05) is 26.8 Å². The predicted octanol–water partition coefficient (Wildman–Crippen LogP) is 5.31.